The first-order valence-electron chi connectivity index (χ1n) is 10.5. The van der Waals surface area contributed by atoms with E-state index < -0.39 is 5.91 Å². The standard InChI is InChI=1S/C27H23N3O3/c1-17-7-5-10-21(15-17)26(32)28-22-11-6-9-20(16-22)18(2)29-30-27(33)25-23-12-4-3-8-19(23)13-14-24(25)31/h3-16,31H,1-2H3,(H,28,32)(H,30,33)/b29-18+. The summed E-state index contributed by atoms with van der Waals surface area (Å²) in [5.74, 6) is -0.822. The molecule has 0 spiro atoms. The summed E-state index contributed by atoms with van der Waals surface area (Å²) in [6.45, 7) is 3.69. The number of fused-ring (bicyclic) bond motifs is 1. The van der Waals surface area contributed by atoms with Crippen molar-refractivity contribution in [2.45, 2.75) is 13.8 Å². The quantitative estimate of drug-likeness (QED) is 0.294. The number of carbonyl (C=O) groups is 2. The summed E-state index contributed by atoms with van der Waals surface area (Å²) in [5, 5.41) is 18.8. The van der Waals surface area contributed by atoms with E-state index >= 15 is 0 Å². The van der Waals surface area contributed by atoms with Crippen molar-refractivity contribution in [2.24, 2.45) is 5.10 Å². The van der Waals surface area contributed by atoms with Gasteiger partial charge in [-0.1, -0.05) is 60.2 Å². The van der Waals surface area contributed by atoms with Crippen molar-refractivity contribution in [1.29, 1.82) is 0 Å². The van der Waals surface area contributed by atoms with Crippen molar-refractivity contribution in [1.82, 2.24) is 5.43 Å². The van der Waals surface area contributed by atoms with Gasteiger partial charge in [-0.15, -0.1) is 0 Å². The molecule has 0 bridgehead atoms. The molecule has 0 aliphatic heterocycles. The van der Waals surface area contributed by atoms with Crippen LogP contribution in [0.25, 0.3) is 10.8 Å². The molecule has 0 heterocycles. The topological polar surface area (TPSA) is 90.8 Å². The van der Waals surface area contributed by atoms with Gasteiger partial charge in [0.15, 0.2) is 0 Å². The number of rotatable bonds is 5. The molecule has 33 heavy (non-hydrogen) atoms. The number of hydrazone groups is 1. The van der Waals surface area contributed by atoms with Gasteiger partial charge in [-0.3, -0.25) is 9.59 Å². The van der Waals surface area contributed by atoms with E-state index in [-0.39, 0.29) is 17.2 Å². The number of aryl methyl sites for hydroxylation is 1. The van der Waals surface area contributed by atoms with Crippen LogP contribution in [-0.4, -0.2) is 22.6 Å². The van der Waals surface area contributed by atoms with Gasteiger partial charge in [-0.2, -0.15) is 5.10 Å². The van der Waals surface area contributed by atoms with E-state index in [1.165, 1.54) is 6.07 Å². The number of amides is 2. The van der Waals surface area contributed by atoms with Crippen LogP contribution in [0, 0.1) is 6.92 Å². The van der Waals surface area contributed by atoms with Crippen LogP contribution in [0.4, 0.5) is 5.69 Å². The second-order valence-electron chi connectivity index (χ2n) is 7.72. The number of phenolic OH excluding ortho intramolecular Hbond substituents is 1. The maximum Gasteiger partial charge on any atom is 0.275 e. The van der Waals surface area contributed by atoms with Crippen molar-refractivity contribution in [3.05, 3.63) is 107 Å². The highest BCUT2D eigenvalue weighted by molar-refractivity contribution is 6.10. The Morgan fingerprint density at radius 1 is 0.818 bits per heavy atom. The number of nitrogens with one attached hydrogen (secondary N) is 2. The molecule has 6 nitrogen and oxygen atoms in total. The number of carbonyl (C=O) groups excluding carboxylic acids is 2. The molecule has 0 radical (unpaired) electrons. The highest BCUT2D eigenvalue weighted by Gasteiger charge is 2.15. The third-order valence-electron chi connectivity index (χ3n) is 5.28. The molecule has 0 atom stereocenters. The van der Waals surface area contributed by atoms with E-state index in [9.17, 15) is 14.7 Å². The zero-order valence-corrected chi connectivity index (χ0v) is 18.3. The molecular formula is C27H23N3O3. The Bertz CT molecular complexity index is 1390. The van der Waals surface area contributed by atoms with Gasteiger partial charge >= 0.3 is 0 Å². The van der Waals surface area contributed by atoms with Gasteiger partial charge in [0.2, 0.25) is 0 Å². The maximum atomic E-state index is 12.8. The number of benzene rings is 4. The van der Waals surface area contributed by atoms with Crippen LogP contribution in [0.2, 0.25) is 0 Å². The minimum atomic E-state index is -0.507. The summed E-state index contributed by atoms with van der Waals surface area (Å²) >= 11 is 0. The monoisotopic (exact) mass is 437 g/mol. The first-order chi connectivity index (χ1) is 15.9. The smallest absolute Gasteiger partial charge is 0.275 e. The van der Waals surface area contributed by atoms with Crippen LogP contribution in [0.5, 0.6) is 5.75 Å². The van der Waals surface area contributed by atoms with E-state index in [4.69, 9.17) is 0 Å². The molecular weight excluding hydrogens is 414 g/mol. The molecule has 0 fully saturated rings. The SMILES string of the molecule is C/C(=N\NC(=O)c1c(O)ccc2ccccc12)c1cccc(NC(=O)c2cccc(C)c2)c1. The molecule has 6 heteroatoms. The molecule has 0 aliphatic rings. The number of phenols is 1. The van der Waals surface area contributed by atoms with Crippen molar-refractivity contribution >= 4 is 34.0 Å². The largest absolute Gasteiger partial charge is 0.507 e. The summed E-state index contributed by atoms with van der Waals surface area (Å²) in [6.07, 6.45) is 0. The minimum Gasteiger partial charge on any atom is -0.507 e. The van der Waals surface area contributed by atoms with Crippen LogP contribution in [0.15, 0.2) is 90.0 Å². The molecule has 164 valence electrons. The molecule has 0 unspecified atom stereocenters. The maximum absolute atomic E-state index is 12.8. The van der Waals surface area contributed by atoms with Crippen molar-refractivity contribution in [3.8, 4) is 5.75 Å². The molecule has 0 aliphatic carbocycles. The van der Waals surface area contributed by atoms with E-state index in [1.807, 2.05) is 49.4 Å². The summed E-state index contributed by atoms with van der Waals surface area (Å²) < 4.78 is 0. The Morgan fingerprint density at radius 2 is 1.58 bits per heavy atom. The lowest BCUT2D eigenvalue weighted by Gasteiger charge is -2.10. The zero-order chi connectivity index (χ0) is 23.4. The molecule has 4 aromatic carbocycles. The normalized spacial score (nSPS) is 11.3. The Hall–Kier alpha value is -4.45. The highest BCUT2D eigenvalue weighted by atomic mass is 16.3. The van der Waals surface area contributed by atoms with Crippen LogP contribution in [-0.2, 0) is 0 Å². The second-order valence-corrected chi connectivity index (χ2v) is 7.72. The number of hydrogen-bond acceptors (Lipinski definition) is 4. The lowest BCUT2D eigenvalue weighted by atomic mass is 10.0. The van der Waals surface area contributed by atoms with Crippen molar-refractivity contribution in [2.75, 3.05) is 5.32 Å². The summed E-state index contributed by atoms with van der Waals surface area (Å²) in [5.41, 5.74) is 6.18. The summed E-state index contributed by atoms with van der Waals surface area (Å²) in [6, 6.07) is 25.2. The van der Waals surface area contributed by atoms with E-state index in [0.717, 1.165) is 16.5 Å². The highest BCUT2D eigenvalue weighted by Crippen LogP contribution is 2.27. The number of aromatic hydroxyl groups is 1. The zero-order valence-electron chi connectivity index (χ0n) is 18.3. The first-order valence-corrected chi connectivity index (χ1v) is 10.5. The molecule has 4 rings (SSSR count). The molecule has 4 aromatic rings. The molecule has 0 saturated carbocycles. The molecule has 0 aromatic heterocycles. The van der Waals surface area contributed by atoms with Crippen LogP contribution in [0.1, 0.15) is 38.8 Å². The average molecular weight is 437 g/mol. The van der Waals surface area contributed by atoms with Gasteiger partial charge < -0.3 is 10.4 Å². The van der Waals surface area contributed by atoms with Crippen molar-refractivity contribution < 1.29 is 14.7 Å². The summed E-state index contributed by atoms with van der Waals surface area (Å²) in [7, 11) is 0. The number of hydrogen-bond donors (Lipinski definition) is 3. The van der Waals surface area contributed by atoms with Gasteiger partial charge in [0.05, 0.1) is 11.3 Å². The fourth-order valence-corrected chi connectivity index (χ4v) is 3.57. The fraction of sp³-hybridized carbons (Fsp3) is 0.0741. The van der Waals surface area contributed by atoms with Gasteiger partial charge in [-0.05, 0) is 60.5 Å². The van der Waals surface area contributed by atoms with Gasteiger partial charge in [0.1, 0.15) is 5.75 Å². The van der Waals surface area contributed by atoms with Gasteiger partial charge in [0.25, 0.3) is 11.8 Å². The Kier molecular flexibility index (Phi) is 6.17. The minimum absolute atomic E-state index is 0.111. The number of anilines is 1. The molecule has 2 amide bonds. The first kappa shape index (κ1) is 21.8. The van der Waals surface area contributed by atoms with Crippen molar-refractivity contribution in [3.63, 3.8) is 0 Å². The fourth-order valence-electron chi connectivity index (χ4n) is 3.57. The second kappa shape index (κ2) is 9.36. The average Bonchev–Trinajstić information content (AvgIpc) is 2.82. The van der Waals surface area contributed by atoms with Crippen LogP contribution >= 0.6 is 0 Å². The van der Waals surface area contributed by atoms with Gasteiger partial charge in [-0.25, -0.2) is 5.43 Å². The van der Waals surface area contributed by atoms with E-state index in [0.29, 0.717) is 22.3 Å². The van der Waals surface area contributed by atoms with Crippen LogP contribution in [0.3, 0.4) is 0 Å². The van der Waals surface area contributed by atoms with E-state index in [1.54, 1.807) is 43.3 Å². The Labute approximate surface area is 191 Å². The predicted octanol–water partition coefficient (Wildman–Crippen LogP) is 5.26. The lowest BCUT2D eigenvalue weighted by Crippen LogP contribution is -2.20. The lowest BCUT2D eigenvalue weighted by molar-refractivity contribution is 0.0953. The third kappa shape index (κ3) is 4.91. The Morgan fingerprint density at radius 3 is 2.39 bits per heavy atom. The third-order valence-corrected chi connectivity index (χ3v) is 5.28. The Balaban J connectivity index is 1.51. The van der Waals surface area contributed by atoms with E-state index in [2.05, 4.69) is 15.8 Å². The molecule has 0 saturated heterocycles. The molecule has 3 N–H and O–H groups in total. The summed E-state index contributed by atoms with van der Waals surface area (Å²) in [4.78, 5) is 25.3. The predicted molar refractivity (Wildman–Crippen MR) is 131 cm³/mol. The number of nitrogens with zero attached hydrogens (tertiary/aromatic N) is 1. The van der Waals surface area contributed by atoms with Gasteiger partial charge in [0, 0.05) is 11.3 Å². The van der Waals surface area contributed by atoms with Crippen LogP contribution < -0.4 is 10.7 Å².